The van der Waals surface area contributed by atoms with Crippen LogP contribution in [-0.4, -0.2) is 0 Å². The molecule has 1 unspecified atom stereocenters. The molecule has 2 aromatic rings. The molecular weight excluding hydrogens is 292 g/mol. The molecule has 0 fully saturated rings. The molecule has 0 aliphatic rings. The predicted octanol–water partition coefficient (Wildman–Crippen LogP) is 4.86. The first-order valence-electron chi connectivity index (χ1n) is 5.37. The highest BCUT2D eigenvalue weighted by Crippen LogP contribution is 2.37. The zero-order chi connectivity index (χ0) is 13.4. The van der Waals surface area contributed by atoms with Crippen molar-refractivity contribution in [2.24, 2.45) is 5.73 Å². The predicted molar refractivity (Wildman–Crippen MR) is 76.2 cm³/mol. The van der Waals surface area contributed by atoms with Crippen LogP contribution in [0.2, 0.25) is 8.67 Å². The first-order valence-corrected chi connectivity index (χ1v) is 6.94. The molecule has 0 aliphatic heterocycles. The average molecular weight is 304 g/mol. The Hall–Kier alpha value is -0.610. The van der Waals surface area contributed by atoms with E-state index in [9.17, 15) is 4.39 Å². The summed E-state index contributed by atoms with van der Waals surface area (Å²) in [6, 6.07) is 4.48. The number of rotatable bonds is 2. The highest BCUT2D eigenvalue weighted by atomic mass is 35.5. The number of benzene rings is 1. The third-order valence-corrected chi connectivity index (χ3v) is 4.33. The molecule has 1 heterocycles. The fraction of sp³-hybridized carbons (Fsp3) is 0.231. The third-order valence-electron chi connectivity index (χ3n) is 2.81. The van der Waals surface area contributed by atoms with Gasteiger partial charge in [-0.3, -0.25) is 0 Å². The van der Waals surface area contributed by atoms with Gasteiger partial charge in [-0.15, -0.1) is 11.3 Å². The lowest BCUT2D eigenvalue weighted by Crippen LogP contribution is -2.15. The van der Waals surface area contributed by atoms with Crippen molar-refractivity contribution < 1.29 is 4.39 Å². The maximum atomic E-state index is 14.0. The number of hydrogen-bond donors (Lipinski definition) is 1. The summed E-state index contributed by atoms with van der Waals surface area (Å²) in [5.74, 6) is -0.307. The summed E-state index contributed by atoms with van der Waals surface area (Å²) in [6.07, 6.45) is 0. The topological polar surface area (TPSA) is 26.0 Å². The molecule has 96 valence electrons. The van der Waals surface area contributed by atoms with E-state index in [4.69, 9.17) is 28.9 Å². The Labute approximate surface area is 119 Å². The maximum Gasteiger partial charge on any atom is 0.128 e. The van der Waals surface area contributed by atoms with Gasteiger partial charge < -0.3 is 5.73 Å². The van der Waals surface area contributed by atoms with Crippen LogP contribution in [-0.2, 0) is 0 Å². The van der Waals surface area contributed by atoms with Gasteiger partial charge in [-0.25, -0.2) is 4.39 Å². The van der Waals surface area contributed by atoms with Gasteiger partial charge in [0.2, 0.25) is 0 Å². The lowest BCUT2D eigenvalue weighted by Gasteiger charge is -2.16. The highest BCUT2D eigenvalue weighted by Gasteiger charge is 2.20. The van der Waals surface area contributed by atoms with E-state index in [1.165, 1.54) is 17.4 Å². The lowest BCUT2D eigenvalue weighted by atomic mass is 9.95. The number of aryl methyl sites for hydroxylation is 2. The van der Waals surface area contributed by atoms with Crippen molar-refractivity contribution in [1.82, 2.24) is 0 Å². The van der Waals surface area contributed by atoms with Crippen LogP contribution in [0.5, 0.6) is 0 Å². The molecule has 0 spiro atoms. The molecule has 0 saturated carbocycles. The first kappa shape index (κ1) is 13.8. The van der Waals surface area contributed by atoms with E-state index in [0.29, 0.717) is 19.8 Å². The number of nitrogens with two attached hydrogens (primary N) is 1. The van der Waals surface area contributed by atoms with Gasteiger partial charge in [0.25, 0.3) is 0 Å². The minimum Gasteiger partial charge on any atom is -0.320 e. The van der Waals surface area contributed by atoms with Gasteiger partial charge in [-0.2, -0.15) is 0 Å². The van der Waals surface area contributed by atoms with E-state index >= 15 is 0 Å². The third kappa shape index (κ3) is 2.54. The van der Waals surface area contributed by atoms with Crippen molar-refractivity contribution in [1.29, 1.82) is 0 Å². The highest BCUT2D eigenvalue weighted by molar-refractivity contribution is 7.20. The monoisotopic (exact) mass is 303 g/mol. The first-order chi connectivity index (χ1) is 8.40. The molecule has 1 aromatic carbocycles. The molecule has 0 amide bonds. The van der Waals surface area contributed by atoms with Crippen LogP contribution < -0.4 is 5.73 Å². The van der Waals surface area contributed by atoms with Crippen molar-refractivity contribution in [3.8, 4) is 0 Å². The molecule has 18 heavy (non-hydrogen) atoms. The molecule has 1 aromatic heterocycles. The van der Waals surface area contributed by atoms with Gasteiger partial charge in [0, 0.05) is 11.1 Å². The second-order valence-corrected chi connectivity index (χ2v) is 6.52. The fourth-order valence-electron chi connectivity index (χ4n) is 2.04. The summed E-state index contributed by atoms with van der Waals surface area (Å²) in [4.78, 5) is 0. The van der Waals surface area contributed by atoms with E-state index in [2.05, 4.69) is 0 Å². The molecule has 5 heteroatoms. The number of thiophene rings is 1. The van der Waals surface area contributed by atoms with E-state index in [0.717, 1.165) is 11.1 Å². The summed E-state index contributed by atoms with van der Waals surface area (Å²) >= 11 is 13.2. The van der Waals surface area contributed by atoms with Gasteiger partial charge in [-0.05, 0) is 37.1 Å². The van der Waals surface area contributed by atoms with Crippen molar-refractivity contribution in [2.45, 2.75) is 19.9 Å². The van der Waals surface area contributed by atoms with Gasteiger partial charge in [0.1, 0.15) is 5.82 Å². The van der Waals surface area contributed by atoms with E-state index in [-0.39, 0.29) is 5.82 Å². The summed E-state index contributed by atoms with van der Waals surface area (Å²) in [5.41, 5.74) is 8.93. The largest absolute Gasteiger partial charge is 0.320 e. The quantitative estimate of drug-likeness (QED) is 0.842. The number of halogens is 3. The lowest BCUT2D eigenvalue weighted by molar-refractivity contribution is 0.596. The molecule has 0 aliphatic carbocycles. The van der Waals surface area contributed by atoms with Gasteiger partial charge in [0.15, 0.2) is 0 Å². The van der Waals surface area contributed by atoms with E-state index in [1.54, 1.807) is 6.07 Å². The standard InChI is InChI=1S/C13H12Cl2FNS/c1-6-3-7(2)11(9(16)4-6)12(17)8-5-10(14)18-13(8)15/h3-5,12H,17H2,1-2H3. The Morgan fingerprint density at radius 2 is 1.89 bits per heavy atom. The summed E-state index contributed by atoms with van der Waals surface area (Å²) in [5, 5.41) is 0. The molecule has 2 N–H and O–H groups in total. The normalized spacial score (nSPS) is 12.8. The van der Waals surface area contributed by atoms with Crippen LogP contribution >= 0.6 is 34.5 Å². The molecule has 1 nitrogen and oxygen atoms in total. The van der Waals surface area contributed by atoms with Crippen molar-refractivity contribution >= 4 is 34.5 Å². The molecule has 0 bridgehead atoms. The molecular formula is C13H12Cl2FNS. The summed E-state index contributed by atoms with van der Waals surface area (Å²) < 4.78 is 15.1. The minimum atomic E-state index is -0.596. The van der Waals surface area contributed by atoms with Crippen LogP contribution in [0.1, 0.15) is 28.3 Å². The van der Waals surface area contributed by atoms with Gasteiger partial charge >= 0.3 is 0 Å². The molecule has 1 atom stereocenters. The SMILES string of the molecule is Cc1cc(C)c(C(N)c2cc(Cl)sc2Cl)c(F)c1. The Kier molecular flexibility index (Phi) is 3.97. The van der Waals surface area contributed by atoms with Gasteiger partial charge in [0.05, 0.1) is 14.7 Å². The van der Waals surface area contributed by atoms with Crippen LogP contribution in [0.3, 0.4) is 0 Å². The zero-order valence-electron chi connectivity index (χ0n) is 9.93. The summed E-state index contributed by atoms with van der Waals surface area (Å²) in [6.45, 7) is 3.69. The van der Waals surface area contributed by atoms with E-state index in [1.807, 2.05) is 19.9 Å². The fourth-order valence-corrected chi connectivity index (χ4v) is 3.59. The van der Waals surface area contributed by atoms with Crippen LogP contribution in [0.4, 0.5) is 4.39 Å². The molecule has 0 radical (unpaired) electrons. The second-order valence-electron chi connectivity index (χ2n) is 4.23. The molecule has 0 saturated heterocycles. The van der Waals surface area contributed by atoms with Crippen LogP contribution in [0, 0.1) is 19.7 Å². The van der Waals surface area contributed by atoms with Crippen LogP contribution in [0.25, 0.3) is 0 Å². The van der Waals surface area contributed by atoms with E-state index < -0.39 is 6.04 Å². The molecule has 2 rings (SSSR count). The Balaban J connectivity index is 2.52. The number of hydrogen-bond acceptors (Lipinski definition) is 2. The van der Waals surface area contributed by atoms with Crippen LogP contribution in [0.15, 0.2) is 18.2 Å². The van der Waals surface area contributed by atoms with Crippen molar-refractivity contribution in [3.05, 3.63) is 54.9 Å². The average Bonchev–Trinajstić information content (AvgIpc) is 2.56. The van der Waals surface area contributed by atoms with Crippen molar-refractivity contribution in [2.75, 3.05) is 0 Å². The Bertz CT molecular complexity index is 572. The summed E-state index contributed by atoms with van der Waals surface area (Å²) in [7, 11) is 0. The maximum absolute atomic E-state index is 14.0. The second kappa shape index (κ2) is 5.17. The minimum absolute atomic E-state index is 0.307. The van der Waals surface area contributed by atoms with Gasteiger partial charge in [-0.1, -0.05) is 29.3 Å². The Morgan fingerprint density at radius 3 is 2.39 bits per heavy atom. The zero-order valence-corrected chi connectivity index (χ0v) is 12.3. The van der Waals surface area contributed by atoms with Crippen molar-refractivity contribution in [3.63, 3.8) is 0 Å². The Morgan fingerprint density at radius 1 is 1.22 bits per heavy atom. The smallest absolute Gasteiger partial charge is 0.128 e.